The van der Waals surface area contributed by atoms with Crippen molar-refractivity contribution in [2.45, 2.75) is 33.1 Å². The van der Waals surface area contributed by atoms with Crippen molar-refractivity contribution >= 4 is 49.7 Å². The molecular weight excluding hydrogens is 408 g/mol. The molecule has 0 atom stereocenters. The number of carbonyl (C=O) groups is 1. The molecule has 146 valence electrons. The smallest absolute Gasteiger partial charge is 0.257 e. The minimum atomic E-state index is -3.41. The molecule has 2 aromatic rings. The molecule has 10 heteroatoms. The predicted octanol–water partition coefficient (Wildman–Crippen LogP) is 3.57. The van der Waals surface area contributed by atoms with Crippen molar-refractivity contribution in [2.75, 3.05) is 21.9 Å². The number of halogens is 1. The third-order valence-corrected chi connectivity index (χ3v) is 7.13. The standard InChI is InChI=1S/C17H21ClN4O3S2/c1-11(2)9-15-20-21-17(26-15)19-16(23)12-5-6-13(18)14(10-12)22-7-3-4-8-27(22,24)25/h5-6,10-11H,3-4,7-9H2,1-2H3,(H,19,21,23). The topological polar surface area (TPSA) is 92.3 Å². The zero-order chi connectivity index (χ0) is 19.6. The fourth-order valence-corrected chi connectivity index (χ4v) is 5.67. The number of carbonyl (C=O) groups excluding carboxylic acids is 1. The molecule has 0 unspecified atom stereocenters. The lowest BCUT2D eigenvalue weighted by atomic mass is 10.1. The average molecular weight is 429 g/mol. The van der Waals surface area contributed by atoms with Crippen molar-refractivity contribution in [1.29, 1.82) is 0 Å². The Morgan fingerprint density at radius 2 is 2.11 bits per heavy atom. The minimum Gasteiger partial charge on any atom is -0.296 e. The first kappa shape index (κ1) is 20.0. The number of amides is 1. The van der Waals surface area contributed by atoms with E-state index in [1.54, 1.807) is 12.1 Å². The number of aromatic nitrogens is 2. The van der Waals surface area contributed by atoms with Crippen LogP contribution in [0.15, 0.2) is 18.2 Å². The molecule has 1 fully saturated rings. The molecule has 1 aliphatic heterocycles. The Morgan fingerprint density at radius 3 is 2.81 bits per heavy atom. The van der Waals surface area contributed by atoms with Gasteiger partial charge >= 0.3 is 0 Å². The summed E-state index contributed by atoms with van der Waals surface area (Å²) in [6, 6.07) is 4.62. The lowest BCUT2D eigenvalue weighted by Gasteiger charge is -2.29. The van der Waals surface area contributed by atoms with Gasteiger partial charge in [-0.15, -0.1) is 10.2 Å². The Bertz CT molecular complexity index is 943. The Balaban J connectivity index is 1.81. The van der Waals surface area contributed by atoms with Gasteiger partial charge in [0.2, 0.25) is 15.2 Å². The molecule has 0 radical (unpaired) electrons. The molecule has 0 bridgehead atoms. The SMILES string of the molecule is CC(C)Cc1nnc(NC(=O)c2ccc(Cl)c(N3CCCCS3(=O)=O)c2)s1. The van der Waals surface area contributed by atoms with Gasteiger partial charge < -0.3 is 0 Å². The van der Waals surface area contributed by atoms with Crippen LogP contribution >= 0.6 is 22.9 Å². The molecule has 27 heavy (non-hydrogen) atoms. The van der Waals surface area contributed by atoms with E-state index in [2.05, 4.69) is 29.4 Å². The zero-order valence-electron chi connectivity index (χ0n) is 15.1. The Labute approximate surface area is 167 Å². The molecule has 0 aliphatic carbocycles. The second-order valence-corrected chi connectivity index (χ2v) is 10.3. The van der Waals surface area contributed by atoms with Crippen molar-refractivity contribution in [3.05, 3.63) is 33.8 Å². The summed E-state index contributed by atoms with van der Waals surface area (Å²) in [7, 11) is -3.41. The summed E-state index contributed by atoms with van der Waals surface area (Å²) >= 11 is 7.55. The van der Waals surface area contributed by atoms with E-state index in [4.69, 9.17) is 11.6 Å². The number of nitrogens with one attached hydrogen (secondary N) is 1. The Morgan fingerprint density at radius 1 is 1.33 bits per heavy atom. The summed E-state index contributed by atoms with van der Waals surface area (Å²) in [5, 5.41) is 12.4. The highest BCUT2D eigenvalue weighted by molar-refractivity contribution is 7.92. The quantitative estimate of drug-likeness (QED) is 0.785. The third-order valence-electron chi connectivity index (χ3n) is 4.10. The van der Waals surface area contributed by atoms with E-state index in [0.29, 0.717) is 40.3 Å². The van der Waals surface area contributed by atoms with Crippen LogP contribution in [0.25, 0.3) is 0 Å². The van der Waals surface area contributed by atoms with Gasteiger partial charge in [0.05, 0.1) is 16.5 Å². The van der Waals surface area contributed by atoms with Crippen molar-refractivity contribution in [3.63, 3.8) is 0 Å². The van der Waals surface area contributed by atoms with Crippen LogP contribution in [0.5, 0.6) is 0 Å². The van der Waals surface area contributed by atoms with Crippen LogP contribution in [0.3, 0.4) is 0 Å². The van der Waals surface area contributed by atoms with Crippen LogP contribution in [0.2, 0.25) is 5.02 Å². The molecular formula is C17H21ClN4O3S2. The van der Waals surface area contributed by atoms with E-state index in [1.807, 2.05) is 0 Å². The summed E-state index contributed by atoms with van der Waals surface area (Å²) in [4.78, 5) is 12.6. The maximum Gasteiger partial charge on any atom is 0.257 e. The van der Waals surface area contributed by atoms with Crippen molar-refractivity contribution < 1.29 is 13.2 Å². The Hall–Kier alpha value is -1.71. The van der Waals surface area contributed by atoms with Gasteiger partial charge in [-0.05, 0) is 37.0 Å². The van der Waals surface area contributed by atoms with Gasteiger partial charge in [-0.3, -0.25) is 14.4 Å². The lowest BCUT2D eigenvalue weighted by Crippen LogP contribution is -2.38. The van der Waals surface area contributed by atoms with E-state index < -0.39 is 10.0 Å². The molecule has 7 nitrogen and oxygen atoms in total. The van der Waals surface area contributed by atoms with E-state index in [1.165, 1.54) is 21.7 Å². The third kappa shape index (κ3) is 4.77. The highest BCUT2D eigenvalue weighted by Gasteiger charge is 2.28. The summed E-state index contributed by atoms with van der Waals surface area (Å²) < 4.78 is 26.0. The summed E-state index contributed by atoms with van der Waals surface area (Å²) in [6.45, 7) is 4.54. The van der Waals surface area contributed by atoms with Crippen LogP contribution in [0, 0.1) is 5.92 Å². The van der Waals surface area contributed by atoms with E-state index in [0.717, 1.165) is 17.8 Å². The maximum absolute atomic E-state index is 12.6. The number of hydrogen-bond acceptors (Lipinski definition) is 6. The van der Waals surface area contributed by atoms with Gasteiger partial charge in [0.25, 0.3) is 5.91 Å². The molecule has 3 rings (SSSR count). The molecule has 1 aromatic carbocycles. The maximum atomic E-state index is 12.6. The second-order valence-electron chi connectivity index (χ2n) is 6.81. The normalized spacial score (nSPS) is 16.5. The largest absolute Gasteiger partial charge is 0.296 e. The number of rotatable bonds is 5. The number of anilines is 2. The highest BCUT2D eigenvalue weighted by Crippen LogP contribution is 2.32. The minimum absolute atomic E-state index is 0.0865. The highest BCUT2D eigenvalue weighted by atomic mass is 35.5. The molecule has 1 aliphatic rings. The van der Waals surface area contributed by atoms with Crippen molar-refractivity contribution in [3.8, 4) is 0 Å². The molecule has 1 amide bonds. The fourth-order valence-electron chi connectivity index (χ4n) is 2.81. The second kappa shape index (κ2) is 8.12. The molecule has 0 saturated carbocycles. The van der Waals surface area contributed by atoms with E-state index >= 15 is 0 Å². The first-order chi connectivity index (χ1) is 12.8. The first-order valence-corrected chi connectivity index (χ1v) is 11.5. The van der Waals surface area contributed by atoms with Crippen molar-refractivity contribution in [1.82, 2.24) is 10.2 Å². The van der Waals surface area contributed by atoms with Gasteiger partial charge in [0.1, 0.15) is 5.01 Å². The van der Waals surface area contributed by atoms with E-state index in [-0.39, 0.29) is 11.7 Å². The fraction of sp³-hybridized carbons (Fsp3) is 0.471. The number of hydrogen-bond donors (Lipinski definition) is 1. The monoisotopic (exact) mass is 428 g/mol. The van der Waals surface area contributed by atoms with Crippen LogP contribution in [0.1, 0.15) is 42.1 Å². The average Bonchev–Trinajstić information content (AvgIpc) is 3.01. The first-order valence-electron chi connectivity index (χ1n) is 8.70. The number of nitrogens with zero attached hydrogens (tertiary/aromatic N) is 3. The summed E-state index contributed by atoms with van der Waals surface area (Å²) in [5.74, 6) is 0.157. The molecule has 1 aromatic heterocycles. The predicted molar refractivity (Wildman–Crippen MR) is 108 cm³/mol. The zero-order valence-corrected chi connectivity index (χ0v) is 17.5. The number of sulfonamides is 1. The van der Waals surface area contributed by atoms with Crippen LogP contribution < -0.4 is 9.62 Å². The van der Waals surface area contributed by atoms with Gasteiger partial charge in [-0.25, -0.2) is 8.42 Å². The molecule has 1 saturated heterocycles. The van der Waals surface area contributed by atoms with Crippen LogP contribution in [-0.2, 0) is 16.4 Å². The lowest BCUT2D eigenvalue weighted by molar-refractivity contribution is 0.102. The van der Waals surface area contributed by atoms with Gasteiger partial charge in [0, 0.05) is 18.5 Å². The number of benzene rings is 1. The molecule has 1 N–H and O–H groups in total. The summed E-state index contributed by atoms with van der Waals surface area (Å²) in [5.41, 5.74) is 0.651. The van der Waals surface area contributed by atoms with Gasteiger partial charge in [-0.1, -0.05) is 36.8 Å². The van der Waals surface area contributed by atoms with Crippen LogP contribution in [-0.4, -0.2) is 36.8 Å². The Kier molecular flexibility index (Phi) is 6.02. The van der Waals surface area contributed by atoms with E-state index in [9.17, 15) is 13.2 Å². The summed E-state index contributed by atoms with van der Waals surface area (Å²) in [6.07, 6.45) is 2.19. The van der Waals surface area contributed by atoms with Gasteiger partial charge in [0.15, 0.2) is 0 Å². The molecule has 0 spiro atoms. The van der Waals surface area contributed by atoms with Crippen LogP contribution in [0.4, 0.5) is 10.8 Å². The molecule has 2 heterocycles. The van der Waals surface area contributed by atoms with Crippen molar-refractivity contribution in [2.24, 2.45) is 5.92 Å². The van der Waals surface area contributed by atoms with Gasteiger partial charge in [-0.2, -0.15) is 0 Å².